The number of hydrogen-bond donors (Lipinski definition) is 1. The van der Waals surface area contributed by atoms with Crippen LogP contribution in [-0.2, 0) is 6.42 Å². The molecule has 0 radical (unpaired) electrons. The van der Waals surface area contributed by atoms with Crippen molar-refractivity contribution in [2.75, 3.05) is 5.73 Å². The molecule has 0 spiro atoms. The van der Waals surface area contributed by atoms with E-state index in [1.165, 1.54) is 6.42 Å². The van der Waals surface area contributed by atoms with E-state index >= 15 is 0 Å². The first-order valence-electron chi connectivity index (χ1n) is 7.62. The quantitative estimate of drug-likeness (QED) is 0.922. The maximum Gasteiger partial charge on any atom is 0.254 e. The highest BCUT2D eigenvalue weighted by atomic mass is 16.2. The molecule has 1 aromatic heterocycles. The highest BCUT2D eigenvalue weighted by Crippen LogP contribution is 2.25. The largest absolute Gasteiger partial charge is 0.384 e. The van der Waals surface area contributed by atoms with Gasteiger partial charge < -0.3 is 10.6 Å². The normalized spacial score (nSPS) is 22.9. The van der Waals surface area contributed by atoms with Gasteiger partial charge in [0.25, 0.3) is 5.91 Å². The van der Waals surface area contributed by atoms with Gasteiger partial charge in [-0.25, -0.2) is 4.98 Å². The van der Waals surface area contributed by atoms with Gasteiger partial charge in [0.2, 0.25) is 0 Å². The summed E-state index contributed by atoms with van der Waals surface area (Å²) in [5.41, 5.74) is 7.44. The average molecular weight is 275 g/mol. The molecule has 20 heavy (non-hydrogen) atoms. The van der Waals surface area contributed by atoms with E-state index < -0.39 is 0 Å². The van der Waals surface area contributed by atoms with Crippen LogP contribution in [0.15, 0.2) is 12.1 Å². The number of piperidine rings is 1. The number of aromatic nitrogens is 1. The fourth-order valence-corrected chi connectivity index (χ4v) is 3.09. The van der Waals surface area contributed by atoms with Gasteiger partial charge in [-0.3, -0.25) is 4.79 Å². The summed E-state index contributed by atoms with van der Waals surface area (Å²) < 4.78 is 0. The van der Waals surface area contributed by atoms with Gasteiger partial charge in [0.05, 0.1) is 0 Å². The van der Waals surface area contributed by atoms with Crippen molar-refractivity contribution in [1.82, 2.24) is 9.88 Å². The van der Waals surface area contributed by atoms with Gasteiger partial charge in [0.15, 0.2) is 0 Å². The first-order valence-corrected chi connectivity index (χ1v) is 7.62. The highest BCUT2D eigenvalue weighted by Gasteiger charge is 2.29. The fourth-order valence-electron chi connectivity index (χ4n) is 3.09. The predicted molar refractivity (Wildman–Crippen MR) is 81.6 cm³/mol. The number of amides is 1. The molecule has 0 saturated carbocycles. The summed E-state index contributed by atoms with van der Waals surface area (Å²) in [6.07, 6.45) is 5.22. The number of nitrogen functional groups attached to an aromatic ring is 1. The zero-order valence-corrected chi connectivity index (χ0v) is 12.7. The minimum absolute atomic E-state index is 0.0937. The third kappa shape index (κ3) is 3.11. The van der Waals surface area contributed by atoms with Crippen molar-refractivity contribution in [3.63, 3.8) is 0 Å². The summed E-state index contributed by atoms with van der Waals surface area (Å²) in [6.45, 7) is 6.36. The lowest BCUT2D eigenvalue weighted by atomic mass is 9.96. The van der Waals surface area contributed by atoms with E-state index in [0.717, 1.165) is 31.4 Å². The maximum absolute atomic E-state index is 12.8. The Morgan fingerprint density at radius 2 is 2.00 bits per heavy atom. The van der Waals surface area contributed by atoms with Crippen molar-refractivity contribution in [3.05, 3.63) is 23.4 Å². The minimum atomic E-state index is 0.0937. The molecule has 0 unspecified atom stereocenters. The van der Waals surface area contributed by atoms with E-state index in [4.69, 9.17) is 5.73 Å². The number of likely N-dealkylation sites (tertiary alicyclic amines) is 1. The van der Waals surface area contributed by atoms with Gasteiger partial charge >= 0.3 is 0 Å². The summed E-state index contributed by atoms with van der Waals surface area (Å²) in [4.78, 5) is 19.1. The molecule has 1 saturated heterocycles. The highest BCUT2D eigenvalue weighted by molar-refractivity contribution is 5.95. The van der Waals surface area contributed by atoms with Crippen LogP contribution in [0.1, 0.15) is 62.5 Å². The molecule has 0 bridgehead atoms. The number of rotatable bonds is 3. The van der Waals surface area contributed by atoms with Crippen molar-refractivity contribution in [2.24, 2.45) is 0 Å². The molecule has 1 fully saturated rings. The lowest BCUT2D eigenvalue weighted by Gasteiger charge is -2.39. The van der Waals surface area contributed by atoms with Gasteiger partial charge in [0, 0.05) is 23.3 Å². The van der Waals surface area contributed by atoms with Crippen LogP contribution in [0.4, 0.5) is 5.82 Å². The molecule has 0 aromatic carbocycles. The summed E-state index contributed by atoms with van der Waals surface area (Å²) in [7, 11) is 0. The number of aryl methyl sites for hydroxylation is 1. The Morgan fingerprint density at radius 3 is 2.60 bits per heavy atom. The third-order valence-corrected chi connectivity index (χ3v) is 4.08. The molecule has 4 nitrogen and oxygen atoms in total. The van der Waals surface area contributed by atoms with E-state index in [0.29, 0.717) is 23.5 Å². The van der Waals surface area contributed by atoms with Crippen LogP contribution in [0.25, 0.3) is 0 Å². The van der Waals surface area contributed by atoms with Gasteiger partial charge in [-0.1, -0.05) is 13.3 Å². The number of carbonyl (C=O) groups is 1. The van der Waals surface area contributed by atoms with Crippen LogP contribution < -0.4 is 5.73 Å². The van der Waals surface area contributed by atoms with E-state index in [9.17, 15) is 4.79 Å². The molecule has 110 valence electrons. The number of carbonyl (C=O) groups excluding carboxylic acids is 1. The van der Waals surface area contributed by atoms with Gasteiger partial charge in [-0.2, -0.15) is 0 Å². The van der Waals surface area contributed by atoms with Crippen LogP contribution in [0, 0.1) is 0 Å². The lowest BCUT2D eigenvalue weighted by Crippen LogP contribution is -2.47. The minimum Gasteiger partial charge on any atom is -0.384 e. The zero-order valence-electron chi connectivity index (χ0n) is 12.7. The van der Waals surface area contributed by atoms with Crippen molar-refractivity contribution in [1.29, 1.82) is 0 Å². The topological polar surface area (TPSA) is 59.2 Å². The Labute approximate surface area is 121 Å². The van der Waals surface area contributed by atoms with Crippen molar-refractivity contribution in [3.8, 4) is 0 Å². The van der Waals surface area contributed by atoms with Crippen molar-refractivity contribution in [2.45, 2.75) is 65.0 Å². The Balaban J connectivity index is 2.27. The molecule has 0 aliphatic carbocycles. The fraction of sp³-hybridized carbons (Fsp3) is 0.625. The zero-order chi connectivity index (χ0) is 14.7. The molecule has 4 heteroatoms. The van der Waals surface area contributed by atoms with Gasteiger partial charge in [-0.05, 0) is 51.7 Å². The third-order valence-electron chi connectivity index (χ3n) is 4.08. The molecule has 1 amide bonds. The Bertz CT molecular complexity index is 477. The Hall–Kier alpha value is -1.58. The van der Waals surface area contributed by atoms with Crippen LogP contribution in [-0.4, -0.2) is 27.9 Å². The molecule has 2 rings (SSSR count). The van der Waals surface area contributed by atoms with Crippen LogP contribution in [0.2, 0.25) is 0 Å². The Kier molecular flexibility index (Phi) is 4.63. The summed E-state index contributed by atoms with van der Waals surface area (Å²) in [6, 6.07) is 4.21. The number of nitrogens with two attached hydrogens (primary N) is 1. The smallest absolute Gasteiger partial charge is 0.254 e. The van der Waals surface area contributed by atoms with E-state index in [-0.39, 0.29) is 5.91 Å². The Morgan fingerprint density at radius 1 is 1.35 bits per heavy atom. The number of pyridine rings is 1. The second kappa shape index (κ2) is 6.25. The predicted octanol–water partition coefficient (Wildman–Crippen LogP) is 3.02. The number of hydrogen-bond acceptors (Lipinski definition) is 3. The summed E-state index contributed by atoms with van der Waals surface area (Å²) in [5.74, 6) is 0.535. The first-order chi connectivity index (χ1) is 9.52. The molecular formula is C16H25N3O. The lowest BCUT2D eigenvalue weighted by molar-refractivity contribution is 0.0510. The van der Waals surface area contributed by atoms with E-state index in [1.54, 1.807) is 6.07 Å². The standard InChI is InChI=1S/C16H25N3O/c1-4-6-14-9-13(10-15(17)18-14)16(20)19-11(2)7-5-8-12(19)3/h9-12H,4-8H2,1-3H3,(H2,17,18)/t11-,12+. The average Bonchev–Trinajstić information content (AvgIpc) is 2.38. The van der Waals surface area contributed by atoms with Gasteiger partial charge in [-0.15, -0.1) is 0 Å². The second-order valence-electron chi connectivity index (χ2n) is 5.86. The molecule has 2 atom stereocenters. The van der Waals surface area contributed by atoms with Crippen LogP contribution in [0.3, 0.4) is 0 Å². The SMILES string of the molecule is CCCc1cc(C(=O)N2[C@H](C)CCC[C@@H]2C)cc(N)n1. The van der Waals surface area contributed by atoms with E-state index in [1.807, 2.05) is 11.0 Å². The molecule has 2 heterocycles. The maximum atomic E-state index is 12.8. The molecule has 1 aromatic rings. The van der Waals surface area contributed by atoms with E-state index in [2.05, 4.69) is 25.8 Å². The number of anilines is 1. The van der Waals surface area contributed by atoms with Crippen molar-refractivity contribution >= 4 is 11.7 Å². The molecule has 2 N–H and O–H groups in total. The molecule has 1 aliphatic rings. The second-order valence-corrected chi connectivity index (χ2v) is 5.86. The molecule has 1 aliphatic heterocycles. The van der Waals surface area contributed by atoms with Crippen LogP contribution >= 0.6 is 0 Å². The number of nitrogens with zero attached hydrogens (tertiary/aromatic N) is 2. The van der Waals surface area contributed by atoms with Gasteiger partial charge in [0.1, 0.15) is 5.82 Å². The van der Waals surface area contributed by atoms with Crippen LogP contribution in [0.5, 0.6) is 0 Å². The summed E-state index contributed by atoms with van der Waals surface area (Å²) >= 11 is 0. The first kappa shape index (κ1) is 14.8. The monoisotopic (exact) mass is 275 g/mol. The summed E-state index contributed by atoms with van der Waals surface area (Å²) in [5, 5.41) is 0. The molecular weight excluding hydrogens is 250 g/mol. The van der Waals surface area contributed by atoms with Crippen molar-refractivity contribution < 1.29 is 4.79 Å².